The van der Waals surface area contributed by atoms with Crippen molar-refractivity contribution in [2.45, 2.75) is 300 Å². The topological polar surface area (TPSA) is 742 Å². The van der Waals surface area contributed by atoms with Crippen LogP contribution in [0.2, 0.25) is 0 Å². The van der Waals surface area contributed by atoms with Gasteiger partial charge in [0.15, 0.2) is 0 Å². The van der Waals surface area contributed by atoms with Crippen molar-refractivity contribution in [3.8, 4) is 0 Å². The van der Waals surface area contributed by atoms with Crippen LogP contribution in [-0.2, 0) is 104 Å². The SMILES string of the molecule is CSCC[C@H](NC(=O)[C@H](CC(C)C)NC(=O)[C@H](CCCCN)NC(=O)[C@H](CCC(=O)O)NC(=O)[C@H](CC(C)C)NC(=O)[C@@H](NC(=O)[C@H](C)NC(=O)[C@@H](N)CCSC)[C@@H](C)O)C(=O)N[C@@H](CCCCN)C(=O)N[C@@H](C)C(=O)N[C@@H](Cc1ccccc1)C(=O)N[C@@H](CCC(=O)O)C(=O)N[C@@H](CO)C(=O)N[C@@H](CC(C)C)C(=O)N[C@@H](CCCCN)C(=O)N[C@@H](CO)C(=O)N[C@@H](Cc1ccccc1)C(=O)O. The molecule has 0 spiro atoms. The number of hydrogen-bond donors (Lipinski definition) is 26. The lowest BCUT2D eigenvalue weighted by Crippen LogP contribution is -2.61. The molecule has 0 bridgehead atoms. The Labute approximate surface area is 807 Å². The van der Waals surface area contributed by atoms with E-state index in [1.54, 1.807) is 108 Å². The summed E-state index contributed by atoms with van der Waals surface area (Å²) >= 11 is 2.75. The summed E-state index contributed by atoms with van der Waals surface area (Å²) in [6, 6.07) is -9.60. The summed E-state index contributed by atoms with van der Waals surface area (Å²) in [4.78, 5) is 263. The van der Waals surface area contributed by atoms with E-state index in [-0.39, 0.29) is 120 Å². The molecule has 0 aliphatic heterocycles. The van der Waals surface area contributed by atoms with Crippen LogP contribution in [0.4, 0.5) is 0 Å². The third-order valence-electron chi connectivity index (χ3n) is 21.5. The summed E-state index contributed by atoms with van der Waals surface area (Å²) in [6.45, 7) is 12.3. The molecule has 30 N–H and O–H groups in total. The zero-order valence-corrected chi connectivity index (χ0v) is 81.7. The van der Waals surface area contributed by atoms with Crippen molar-refractivity contribution in [3.63, 3.8) is 0 Å². The van der Waals surface area contributed by atoms with Gasteiger partial charge in [0, 0.05) is 25.7 Å². The molecule has 16 amide bonds. The number of rotatable bonds is 70. The molecular weight excluding hydrogens is 1830 g/mol. The number of nitrogens with one attached hydrogen (secondary N) is 16. The van der Waals surface area contributed by atoms with Gasteiger partial charge in [-0.15, -0.1) is 0 Å². The highest BCUT2D eigenvalue weighted by atomic mass is 32.2. The summed E-state index contributed by atoms with van der Waals surface area (Å²) < 4.78 is 0. The third kappa shape index (κ3) is 48.1. The Morgan fingerprint density at radius 3 is 0.883 bits per heavy atom. The van der Waals surface area contributed by atoms with Crippen molar-refractivity contribution in [2.24, 2.45) is 40.7 Å². The molecule has 18 atom stereocenters. The maximum atomic E-state index is 14.7. The summed E-state index contributed by atoms with van der Waals surface area (Å²) in [6.07, 6.45) is 0.153. The fourth-order valence-corrected chi connectivity index (χ4v) is 14.8. The van der Waals surface area contributed by atoms with Gasteiger partial charge in [-0.3, -0.25) is 86.3 Å². The molecule has 0 aliphatic carbocycles. The van der Waals surface area contributed by atoms with Crippen LogP contribution < -0.4 is 108 Å². The first kappa shape index (κ1) is 122. The number of benzene rings is 2. The molecule has 0 saturated carbocycles. The molecule has 0 unspecified atom stereocenters. The van der Waals surface area contributed by atoms with Gasteiger partial charge in [-0.05, 0) is 196 Å². The van der Waals surface area contributed by atoms with E-state index in [0.717, 1.165) is 0 Å². The Morgan fingerprint density at radius 2 is 0.562 bits per heavy atom. The summed E-state index contributed by atoms with van der Waals surface area (Å²) in [5, 5.41) is 101. The third-order valence-corrected chi connectivity index (χ3v) is 22.8. The number of hydrogen-bond acceptors (Lipinski definition) is 28. The van der Waals surface area contributed by atoms with Crippen molar-refractivity contribution >= 4 is 136 Å². The van der Waals surface area contributed by atoms with E-state index in [2.05, 4.69) is 85.1 Å². The van der Waals surface area contributed by atoms with Crippen LogP contribution in [0, 0.1) is 17.8 Å². The van der Waals surface area contributed by atoms with Crippen LogP contribution >= 0.6 is 23.5 Å². The smallest absolute Gasteiger partial charge is 0.326 e. The van der Waals surface area contributed by atoms with Gasteiger partial charge < -0.3 is 139 Å². The predicted molar refractivity (Wildman–Crippen MR) is 511 cm³/mol. The lowest BCUT2D eigenvalue weighted by molar-refractivity contribution is -0.142. The van der Waals surface area contributed by atoms with E-state index in [4.69, 9.17) is 22.9 Å². The van der Waals surface area contributed by atoms with Crippen molar-refractivity contribution in [1.82, 2.24) is 85.1 Å². The monoisotopic (exact) mass is 1970 g/mol. The second kappa shape index (κ2) is 66.3. The van der Waals surface area contributed by atoms with Gasteiger partial charge in [0.2, 0.25) is 94.5 Å². The lowest BCUT2D eigenvalue weighted by atomic mass is 10.00. The number of carboxylic acids is 3. The quantitative estimate of drug-likeness (QED) is 0.0279. The number of amides is 16. The van der Waals surface area contributed by atoms with Crippen LogP contribution in [0.15, 0.2) is 60.7 Å². The van der Waals surface area contributed by atoms with Crippen LogP contribution in [0.3, 0.4) is 0 Å². The zero-order chi connectivity index (χ0) is 103. The number of unbranched alkanes of at least 4 members (excludes halogenated alkanes) is 3. The van der Waals surface area contributed by atoms with Gasteiger partial charge in [0.1, 0.15) is 96.7 Å². The minimum atomic E-state index is -1.92. The van der Waals surface area contributed by atoms with Gasteiger partial charge in [-0.25, -0.2) is 4.79 Å². The Bertz CT molecular complexity index is 4200. The van der Waals surface area contributed by atoms with Crippen LogP contribution in [0.5, 0.6) is 0 Å². The first-order valence-corrected chi connectivity index (χ1v) is 48.9. The second-order valence-corrected chi connectivity index (χ2v) is 36.8. The number of aliphatic carboxylic acids is 3. The van der Waals surface area contributed by atoms with Crippen molar-refractivity contribution in [3.05, 3.63) is 71.8 Å². The van der Waals surface area contributed by atoms with Gasteiger partial charge in [0.25, 0.3) is 0 Å². The van der Waals surface area contributed by atoms with Crippen LogP contribution in [-0.4, -0.2) is 309 Å². The fraction of sp³-hybridized carbons (Fsp3) is 0.656. The van der Waals surface area contributed by atoms with E-state index in [9.17, 15) is 122 Å². The Kier molecular flexibility index (Phi) is 59.0. The molecular formula is C90H148N20O25S2. The lowest BCUT2D eigenvalue weighted by Gasteiger charge is -2.29. The normalized spacial score (nSPS) is 15.2. The number of nitrogens with two attached hydrogens (primary N) is 4. The highest BCUT2D eigenvalue weighted by Gasteiger charge is 2.40. The summed E-state index contributed by atoms with van der Waals surface area (Å²) in [7, 11) is 0. The van der Waals surface area contributed by atoms with E-state index in [0.29, 0.717) is 42.6 Å². The average molecular weight is 1970 g/mol. The van der Waals surface area contributed by atoms with E-state index in [1.807, 2.05) is 6.26 Å². The van der Waals surface area contributed by atoms with E-state index < -0.39 is 260 Å². The predicted octanol–water partition coefficient (Wildman–Crippen LogP) is -4.19. The van der Waals surface area contributed by atoms with E-state index >= 15 is 0 Å². The first-order chi connectivity index (χ1) is 64.8. The highest BCUT2D eigenvalue weighted by molar-refractivity contribution is 7.98. The number of carboxylic acid groups (broad SMARTS) is 3. The Morgan fingerprint density at radius 1 is 0.299 bits per heavy atom. The Hall–Kier alpha value is -11.2. The van der Waals surface area contributed by atoms with Crippen LogP contribution in [0.25, 0.3) is 0 Å². The van der Waals surface area contributed by atoms with Crippen molar-refractivity contribution < 1.29 is 122 Å². The molecule has 45 nitrogen and oxygen atoms in total. The molecule has 0 aromatic heterocycles. The molecule has 0 radical (unpaired) electrons. The largest absolute Gasteiger partial charge is 0.481 e. The van der Waals surface area contributed by atoms with Crippen LogP contribution in [0.1, 0.15) is 189 Å². The standard InChI is InChI=1S/C90H148N20O25S2/c1-49(2)42-64(104-78(122)59(29-19-22-38-92)98-80(124)61(31-33-71(114)115)100-85(129)66(44-51(5)6)106-89(133)73(54(9)113)110-75(119)53(8)95-76(120)57(94)35-40-136-10)84(128)102-63(36-41-137-11)82(126)97-58(28-18-21-37-91)77(121)96-52(7)74(118)103-67(45-55-24-14-12-15-25-55)86(130)101-62(32-34-72(116)117)81(125)109-69(47-111)87(131)105-65(43-50(3)4)83(127)99-60(30-20-23-39-93)79(123)108-70(48-112)88(132)107-68(90(134)135)46-56-26-16-13-17-27-56/h12-17,24-27,49-54,57-70,73,111-113H,18-23,28-48,91-94H2,1-11H3,(H,95,120)(H,96,121)(H,97,126)(H,98,124)(H,99,127)(H,100,129)(H,101,130)(H,102,128)(H,103,118)(H,104,122)(H,105,131)(H,106,133)(H,107,132)(H,108,123)(H,109,125)(H,110,119)(H,114,115)(H,116,117)(H,134,135)/t52-,53-,54+,57-,58-,59-,60-,61-,62-,63-,64-,65-,66-,67-,68-,69-,70-,73-/m0/s1. The minimum absolute atomic E-state index is 0.0617. The molecule has 137 heavy (non-hydrogen) atoms. The number of carbonyl (C=O) groups is 19. The fourth-order valence-electron chi connectivity index (χ4n) is 13.8. The number of aliphatic hydroxyl groups excluding tert-OH is 3. The number of carbonyl (C=O) groups excluding carboxylic acids is 16. The Balaban J connectivity index is 2.51. The first-order valence-electron chi connectivity index (χ1n) is 46.1. The van der Waals surface area contributed by atoms with E-state index in [1.165, 1.54) is 44.3 Å². The van der Waals surface area contributed by atoms with Gasteiger partial charge in [-0.1, -0.05) is 102 Å². The second-order valence-electron chi connectivity index (χ2n) is 34.8. The molecule has 0 fully saturated rings. The van der Waals surface area contributed by atoms with Gasteiger partial charge in [0.05, 0.1) is 25.4 Å². The molecule has 2 rings (SSSR count). The average Bonchev–Trinajstić information content (AvgIpc) is 0.827. The molecule has 0 saturated heterocycles. The maximum absolute atomic E-state index is 14.7. The molecule has 0 aliphatic rings. The molecule has 0 heterocycles. The zero-order valence-electron chi connectivity index (χ0n) is 80.1. The number of thioether (sulfide) groups is 2. The van der Waals surface area contributed by atoms with Crippen molar-refractivity contribution in [2.75, 3.05) is 56.9 Å². The molecule has 2 aromatic carbocycles. The van der Waals surface area contributed by atoms with Gasteiger partial charge >= 0.3 is 17.9 Å². The molecule has 2 aromatic rings. The summed E-state index contributed by atoms with van der Waals surface area (Å²) in [5.74, 6) is -20.3. The minimum Gasteiger partial charge on any atom is -0.481 e. The maximum Gasteiger partial charge on any atom is 0.326 e. The number of aliphatic hydroxyl groups is 3. The van der Waals surface area contributed by atoms with Gasteiger partial charge in [-0.2, -0.15) is 23.5 Å². The highest BCUT2D eigenvalue weighted by Crippen LogP contribution is 2.18. The molecule has 770 valence electrons. The summed E-state index contributed by atoms with van der Waals surface area (Å²) in [5.41, 5.74) is 24.4. The molecule has 47 heteroatoms. The van der Waals surface area contributed by atoms with Crippen molar-refractivity contribution in [1.29, 1.82) is 0 Å².